The zero-order valence-corrected chi connectivity index (χ0v) is 18.0. The first kappa shape index (κ1) is 21.6. The number of piperazine rings is 1. The maximum Gasteiger partial charge on any atom is 0.255 e. The number of amides is 1. The molecule has 2 heterocycles. The molecule has 1 saturated heterocycles. The molecule has 1 aromatic carbocycles. The minimum Gasteiger partial charge on any atom is -0.366 e. The molecule has 29 heavy (non-hydrogen) atoms. The predicted octanol–water partition coefficient (Wildman–Crippen LogP) is 3.62. The number of aromatic nitrogens is 1. The van der Waals surface area contributed by atoms with Gasteiger partial charge in [0.1, 0.15) is 5.82 Å². The van der Waals surface area contributed by atoms with Crippen molar-refractivity contribution in [2.45, 2.75) is 18.9 Å². The van der Waals surface area contributed by atoms with Crippen molar-refractivity contribution in [2.75, 3.05) is 56.5 Å². The topological polar surface area (TPSA) is 39.7 Å². The van der Waals surface area contributed by atoms with Crippen molar-refractivity contribution in [3.05, 3.63) is 54.0 Å². The zero-order chi connectivity index (χ0) is 20.6. The molecule has 5 nitrogen and oxygen atoms in total. The summed E-state index contributed by atoms with van der Waals surface area (Å²) in [5, 5.41) is 0.943. The van der Waals surface area contributed by atoms with Gasteiger partial charge in [-0.3, -0.25) is 4.79 Å². The molecular formula is C22H29FN4OS. The Balaban J connectivity index is 1.50. The van der Waals surface area contributed by atoms with Gasteiger partial charge in [0, 0.05) is 44.7 Å². The van der Waals surface area contributed by atoms with Crippen LogP contribution in [0.25, 0.3) is 0 Å². The van der Waals surface area contributed by atoms with E-state index in [2.05, 4.69) is 23.7 Å². The number of halogens is 1. The maximum absolute atomic E-state index is 14.0. The molecule has 1 fully saturated rings. The van der Waals surface area contributed by atoms with Gasteiger partial charge in [-0.2, -0.15) is 0 Å². The normalized spacial score (nSPS) is 14.5. The monoisotopic (exact) mass is 416 g/mol. The third-order valence-corrected chi connectivity index (χ3v) is 6.22. The molecule has 0 saturated carbocycles. The Morgan fingerprint density at radius 2 is 1.83 bits per heavy atom. The average Bonchev–Trinajstić information content (AvgIpc) is 2.77. The molecule has 0 bridgehead atoms. The van der Waals surface area contributed by atoms with Crippen LogP contribution in [0.5, 0.6) is 0 Å². The highest BCUT2D eigenvalue weighted by Crippen LogP contribution is 2.21. The van der Waals surface area contributed by atoms with E-state index in [1.165, 1.54) is 6.07 Å². The number of anilines is 1. The van der Waals surface area contributed by atoms with Crippen molar-refractivity contribution in [1.82, 2.24) is 14.8 Å². The Kier molecular flexibility index (Phi) is 7.89. The first-order chi connectivity index (χ1) is 14.1. The summed E-state index contributed by atoms with van der Waals surface area (Å²) in [6.07, 6.45) is 1.67. The predicted molar refractivity (Wildman–Crippen MR) is 117 cm³/mol. The molecule has 0 atom stereocenters. The Hall–Kier alpha value is -2.12. The van der Waals surface area contributed by atoms with Crippen molar-refractivity contribution in [3.8, 4) is 0 Å². The summed E-state index contributed by atoms with van der Waals surface area (Å²) in [4.78, 5) is 23.4. The number of pyridine rings is 1. The lowest BCUT2D eigenvalue weighted by Gasteiger charge is -2.36. The Bertz CT molecular complexity index is 790. The van der Waals surface area contributed by atoms with Gasteiger partial charge in [0.05, 0.1) is 16.3 Å². The molecule has 0 aliphatic carbocycles. The summed E-state index contributed by atoms with van der Waals surface area (Å²) in [7, 11) is 0. The van der Waals surface area contributed by atoms with Gasteiger partial charge in [-0.15, -0.1) is 11.8 Å². The van der Waals surface area contributed by atoms with Crippen LogP contribution in [0.1, 0.15) is 24.2 Å². The summed E-state index contributed by atoms with van der Waals surface area (Å²) in [5.74, 6) is 0.760. The van der Waals surface area contributed by atoms with Gasteiger partial charge in [-0.05, 0) is 37.4 Å². The summed E-state index contributed by atoms with van der Waals surface area (Å²) in [5.41, 5.74) is 1.21. The standard InChI is InChI=1S/C22H29FN4OS/c1-3-25(4-2)15-16-29-21-10-9-18(17-24-21)22(28)27-13-11-26(12-14-27)20-8-6-5-7-19(20)23/h5-10,17H,3-4,11-16H2,1-2H3. The van der Waals surface area contributed by atoms with Crippen LogP contribution in [-0.2, 0) is 0 Å². The smallest absolute Gasteiger partial charge is 0.255 e. The Morgan fingerprint density at radius 1 is 1.10 bits per heavy atom. The van der Waals surface area contributed by atoms with Crippen LogP contribution in [0.2, 0.25) is 0 Å². The SMILES string of the molecule is CCN(CC)CCSc1ccc(C(=O)N2CCN(c3ccccc3F)CC2)cn1. The average molecular weight is 417 g/mol. The molecule has 1 aliphatic heterocycles. The van der Waals surface area contributed by atoms with Crippen LogP contribution in [0.4, 0.5) is 10.1 Å². The number of benzene rings is 1. The highest BCUT2D eigenvalue weighted by Gasteiger charge is 2.23. The molecule has 0 N–H and O–H groups in total. The molecule has 3 rings (SSSR count). The summed E-state index contributed by atoms with van der Waals surface area (Å²) < 4.78 is 14.0. The van der Waals surface area contributed by atoms with Gasteiger partial charge >= 0.3 is 0 Å². The fourth-order valence-corrected chi connectivity index (χ4v) is 4.30. The maximum atomic E-state index is 14.0. The van der Waals surface area contributed by atoms with Crippen LogP contribution in [0, 0.1) is 5.82 Å². The molecule has 1 aliphatic rings. The van der Waals surface area contributed by atoms with E-state index in [0.29, 0.717) is 37.4 Å². The van der Waals surface area contributed by atoms with E-state index in [4.69, 9.17) is 0 Å². The van der Waals surface area contributed by atoms with Crippen molar-refractivity contribution in [3.63, 3.8) is 0 Å². The van der Waals surface area contributed by atoms with Crippen molar-refractivity contribution >= 4 is 23.4 Å². The number of thioether (sulfide) groups is 1. The van der Waals surface area contributed by atoms with Crippen molar-refractivity contribution < 1.29 is 9.18 Å². The quantitative estimate of drug-likeness (QED) is 0.615. The van der Waals surface area contributed by atoms with E-state index >= 15 is 0 Å². The van der Waals surface area contributed by atoms with Crippen LogP contribution in [-0.4, -0.2) is 72.3 Å². The second-order valence-electron chi connectivity index (χ2n) is 6.99. The van der Waals surface area contributed by atoms with E-state index in [-0.39, 0.29) is 11.7 Å². The minimum atomic E-state index is -0.217. The molecule has 2 aromatic rings. The number of rotatable bonds is 8. The number of hydrogen-bond acceptors (Lipinski definition) is 5. The second kappa shape index (κ2) is 10.6. The molecular weight excluding hydrogens is 387 g/mol. The fraction of sp³-hybridized carbons (Fsp3) is 0.455. The first-order valence-corrected chi connectivity index (χ1v) is 11.2. The van der Waals surface area contributed by atoms with Gasteiger partial charge in [0.25, 0.3) is 5.91 Å². The largest absolute Gasteiger partial charge is 0.366 e. The highest BCUT2D eigenvalue weighted by atomic mass is 32.2. The number of hydrogen-bond donors (Lipinski definition) is 0. The zero-order valence-electron chi connectivity index (χ0n) is 17.2. The Morgan fingerprint density at radius 3 is 2.45 bits per heavy atom. The van der Waals surface area contributed by atoms with Gasteiger partial charge in [0.15, 0.2) is 0 Å². The minimum absolute atomic E-state index is 0.00891. The fourth-order valence-electron chi connectivity index (χ4n) is 3.45. The van der Waals surface area contributed by atoms with Crippen molar-refractivity contribution in [1.29, 1.82) is 0 Å². The lowest BCUT2D eigenvalue weighted by atomic mass is 10.2. The lowest BCUT2D eigenvalue weighted by molar-refractivity contribution is 0.0746. The van der Waals surface area contributed by atoms with Crippen LogP contribution in [0.3, 0.4) is 0 Å². The summed E-state index contributed by atoms with van der Waals surface area (Å²) in [6, 6.07) is 10.6. The molecule has 0 radical (unpaired) electrons. The number of carbonyl (C=O) groups is 1. The third kappa shape index (κ3) is 5.70. The molecule has 1 amide bonds. The Labute approximate surface area is 176 Å². The van der Waals surface area contributed by atoms with Crippen LogP contribution < -0.4 is 4.90 Å². The summed E-state index contributed by atoms with van der Waals surface area (Å²) >= 11 is 1.71. The molecule has 156 valence electrons. The van der Waals surface area contributed by atoms with E-state index in [0.717, 1.165) is 30.4 Å². The van der Waals surface area contributed by atoms with E-state index < -0.39 is 0 Å². The van der Waals surface area contributed by atoms with Crippen LogP contribution >= 0.6 is 11.8 Å². The lowest BCUT2D eigenvalue weighted by Crippen LogP contribution is -2.49. The second-order valence-corrected chi connectivity index (χ2v) is 8.11. The third-order valence-electron chi connectivity index (χ3n) is 5.30. The van der Waals surface area contributed by atoms with E-state index in [1.54, 1.807) is 30.1 Å². The van der Waals surface area contributed by atoms with Gasteiger partial charge < -0.3 is 14.7 Å². The molecule has 0 unspecified atom stereocenters. The van der Waals surface area contributed by atoms with E-state index in [1.807, 2.05) is 28.0 Å². The van der Waals surface area contributed by atoms with Gasteiger partial charge in [-0.1, -0.05) is 26.0 Å². The van der Waals surface area contributed by atoms with Gasteiger partial charge in [-0.25, -0.2) is 9.37 Å². The molecule has 1 aromatic heterocycles. The van der Waals surface area contributed by atoms with Crippen LogP contribution in [0.15, 0.2) is 47.6 Å². The van der Waals surface area contributed by atoms with Crippen molar-refractivity contribution in [2.24, 2.45) is 0 Å². The highest BCUT2D eigenvalue weighted by molar-refractivity contribution is 7.99. The van der Waals surface area contributed by atoms with E-state index in [9.17, 15) is 9.18 Å². The molecule has 0 spiro atoms. The summed E-state index contributed by atoms with van der Waals surface area (Å²) in [6.45, 7) is 9.89. The number of para-hydroxylation sites is 1. The number of nitrogens with zero attached hydrogens (tertiary/aromatic N) is 4. The number of carbonyl (C=O) groups excluding carboxylic acids is 1. The molecule has 7 heteroatoms. The first-order valence-electron chi connectivity index (χ1n) is 10.2. The van der Waals surface area contributed by atoms with Gasteiger partial charge in [0.2, 0.25) is 0 Å².